The molecule has 2 aliphatic heterocycles. The minimum Gasteiger partial charge on any atom is -0.324 e. The number of rotatable bonds is 0. The van der Waals surface area contributed by atoms with Crippen LogP contribution in [0.3, 0.4) is 0 Å². The highest BCUT2D eigenvalue weighted by Crippen LogP contribution is 2.46. The Morgan fingerprint density at radius 2 is 2.00 bits per heavy atom. The molecule has 1 aromatic rings. The average Bonchev–Trinajstić information content (AvgIpc) is 2.57. The number of hydrogen-bond acceptors (Lipinski definition) is 2. The van der Waals surface area contributed by atoms with E-state index >= 15 is 0 Å². The van der Waals surface area contributed by atoms with Gasteiger partial charge in [0, 0.05) is 0 Å². The average molecular weight is 237 g/mol. The maximum atomic E-state index is 12.2. The number of amides is 1. The van der Waals surface area contributed by atoms with Crippen LogP contribution in [0.25, 0.3) is 0 Å². The number of benzene rings is 1. The number of carbonyl (C=O) groups is 1. The molecule has 4 heteroatoms. The second-order valence-electron chi connectivity index (χ2n) is 4.45. The molecule has 1 aromatic carbocycles. The van der Waals surface area contributed by atoms with Crippen LogP contribution in [0.5, 0.6) is 0 Å². The van der Waals surface area contributed by atoms with Gasteiger partial charge in [-0.2, -0.15) is 0 Å². The summed E-state index contributed by atoms with van der Waals surface area (Å²) in [6, 6.07) is 5.76. The fraction of sp³-hybridized carbons (Fsp3) is 0.417. The van der Waals surface area contributed by atoms with Crippen LogP contribution in [-0.4, -0.2) is 19.0 Å². The van der Waals surface area contributed by atoms with Crippen molar-refractivity contribution in [1.29, 1.82) is 0 Å². The van der Waals surface area contributed by atoms with Crippen LogP contribution < -0.4 is 10.6 Å². The maximum Gasteiger partial charge on any atom is 0.235 e. The first-order valence-electron chi connectivity index (χ1n) is 5.55. The minimum atomic E-state index is -0.342. The van der Waals surface area contributed by atoms with E-state index in [1.54, 1.807) is 0 Å². The molecule has 1 spiro atoms. The first-order valence-corrected chi connectivity index (χ1v) is 5.93. The van der Waals surface area contributed by atoms with Crippen molar-refractivity contribution in [2.24, 2.45) is 0 Å². The molecule has 3 nitrogen and oxygen atoms in total. The molecular formula is C12H13ClN2O. The van der Waals surface area contributed by atoms with Gasteiger partial charge in [-0.25, -0.2) is 0 Å². The summed E-state index contributed by atoms with van der Waals surface area (Å²) in [6.07, 6.45) is 1.71. The molecule has 2 heterocycles. The number of piperidine rings is 1. The first kappa shape index (κ1) is 10.1. The number of para-hydroxylation sites is 1. The van der Waals surface area contributed by atoms with Gasteiger partial charge < -0.3 is 10.6 Å². The van der Waals surface area contributed by atoms with Crippen LogP contribution in [0.2, 0.25) is 5.02 Å². The molecule has 0 aromatic heterocycles. The van der Waals surface area contributed by atoms with Gasteiger partial charge in [0.15, 0.2) is 0 Å². The van der Waals surface area contributed by atoms with E-state index in [9.17, 15) is 4.79 Å². The third-order valence-corrected chi connectivity index (χ3v) is 3.97. The molecule has 16 heavy (non-hydrogen) atoms. The molecule has 0 aliphatic carbocycles. The molecular weight excluding hydrogens is 224 g/mol. The van der Waals surface area contributed by atoms with Gasteiger partial charge in [-0.15, -0.1) is 0 Å². The molecule has 1 amide bonds. The van der Waals surface area contributed by atoms with Crippen molar-refractivity contribution in [3.05, 3.63) is 28.8 Å². The second-order valence-corrected chi connectivity index (χ2v) is 4.86. The Hall–Kier alpha value is -1.06. The van der Waals surface area contributed by atoms with E-state index in [1.165, 1.54) is 0 Å². The summed E-state index contributed by atoms with van der Waals surface area (Å²) < 4.78 is 0. The van der Waals surface area contributed by atoms with Crippen LogP contribution >= 0.6 is 11.6 Å². The summed E-state index contributed by atoms with van der Waals surface area (Å²) in [5.41, 5.74) is 1.55. The standard InChI is InChI=1S/C12H13ClN2O/c13-9-3-1-2-8-10(9)15-11(16)12(8)4-6-14-7-5-12/h1-3,14H,4-7H2,(H,15,16). The van der Waals surface area contributed by atoms with E-state index in [0.717, 1.165) is 37.2 Å². The topological polar surface area (TPSA) is 41.1 Å². The van der Waals surface area contributed by atoms with E-state index in [4.69, 9.17) is 11.6 Å². The van der Waals surface area contributed by atoms with Crippen LogP contribution in [0, 0.1) is 0 Å². The summed E-state index contributed by atoms with van der Waals surface area (Å²) in [4.78, 5) is 12.2. The van der Waals surface area contributed by atoms with Gasteiger partial charge in [0.05, 0.1) is 16.1 Å². The molecule has 0 radical (unpaired) electrons. The molecule has 1 saturated heterocycles. The Balaban J connectivity index is 2.15. The maximum absolute atomic E-state index is 12.2. The minimum absolute atomic E-state index is 0.108. The van der Waals surface area contributed by atoms with Gasteiger partial charge in [0.1, 0.15) is 0 Å². The van der Waals surface area contributed by atoms with Crippen molar-refractivity contribution in [1.82, 2.24) is 5.32 Å². The molecule has 84 valence electrons. The quantitative estimate of drug-likeness (QED) is 0.723. The van der Waals surface area contributed by atoms with Crippen molar-refractivity contribution in [3.8, 4) is 0 Å². The van der Waals surface area contributed by atoms with Crippen molar-refractivity contribution in [2.45, 2.75) is 18.3 Å². The fourth-order valence-corrected chi connectivity index (χ4v) is 2.98. The van der Waals surface area contributed by atoms with E-state index in [-0.39, 0.29) is 11.3 Å². The van der Waals surface area contributed by atoms with Gasteiger partial charge in [0.25, 0.3) is 0 Å². The molecule has 0 saturated carbocycles. The highest BCUT2D eigenvalue weighted by molar-refractivity contribution is 6.34. The zero-order valence-corrected chi connectivity index (χ0v) is 9.60. The molecule has 0 bridgehead atoms. The van der Waals surface area contributed by atoms with E-state index in [1.807, 2.05) is 18.2 Å². The summed E-state index contributed by atoms with van der Waals surface area (Å²) in [7, 11) is 0. The monoisotopic (exact) mass is 236 g/mol. The molecule has 1 fully saturated rings. The molecule has 2 N–H and O–H groups in total. The van der Waals surface area contributed by atoms with Crippen LogP contribution in [0.1, 0.15) is 18.4 Å². The highest BCUT2D eigenvalue weighted by atomic mass is 35.5. The fourth-order valence-electron chi connectivity index (χ4n) is 2.76. The molecule has 0 atom stereocenters. The number of anilines is 1. The third kappa shape index (κ3) is 1.22. The zero-order valence-electron chi connectivity index (χ0n) is 8.85. The van der Waals surface area contributed by atoms with E-state index in [0.29, 0.717) is 5.02 Å². The van der Waals surface area contributed by atoms with Gasteiger partial charge in [-0.05, 0) is 37.6 Å². The molecule has 0 unspecified atom stereocenters. The lowest BCUT2D eigenvalue weighted by atomic mass is 9.74. The predicted octanol–water partition coefficient (Wildman–Crippen LogP) is 1.91. The number of carbonyl (C=O) groups excluding carboxylic acids is 1. The van der Waals surface area contributed by atoms with E-state index < -0.39 is 0 Å². The number of nitrogens with one attached hydrogen (secondary N) is 2. The van der Waals surface area contributed by atoms with Crippen LogP contribution in [0.4, 0.5) is 5.69 Å². The Morgan fingerprint density at radius 1 is 1.25 bits per heavy atom. The van der Waals surface area contributed by atoms with Crippen molar-refractivity contribution in [3.63, 3.8) is 0 Å². The normalized spacial score (nSPS) is 21.9. The van der Waals surface area contributed by atoms with Gasteiger partial charge >= 0.3 is 0 Å². The van der Waals surface area contributed by atoms with Crippen molar-refractivity contribution >= 4 is 23.2 Å². The Morgan fingerprint density at radius 3 is 2.75 bits per heavy atom. The number of fused-ring (bicyclic) bond motifs is 2. The SMILES string of the molecule is O=C1Nc2c(Cl)cccc2C12CCNCC2. The molecule has 3 rings (SSSR count). The van der Waals surface area contributed by atoms with Crippen molar-refractivity contribution in [2.75, 3.05) is 18.4 Å². The third-order valence-electron chi connectivity index (χ3n) is 3.66. The number of halogens is 1. The second kappa shape index (κ2) is 3.47. The molecule has 2 aliphatic rings. The lowest BCUT2D eigenvalue weighted by molar-refractivity contribution is -0.121. The zero-order chi connectivity index (χ0) is 11.2. The highest BCUT2D eigenvalue weighted by Gasteiger charge is 2.47. The summed E-state index contributed by atoms with van der Waals surface area (Å²) in [5.74, 6) is 0.108. The lowest BCUT2D eigenvalue weighted by Crippen LogP contribution is -2.44. The smallest absolute Gasteiger partial charge is 0.235 e. The summed E-state index contributed by atoms with van der Waals surface area (Å²) in [6.45, 7) is 1.78. The van der Waals surface area contributed by atoms with Crippen LogP contribution in [-0.2, 0) is 10.2 Å². The Bertz CT molecular complexity index is 452. The number of hydrogen-bond donors (Lipinski definition) is 2. The van der Waals surface area contributed by atoms with Crippen LogP contribution in [0.15, 0.2) is 18.2 Å². The van der Waals surface area contributed by atoms with Gasteiger partial charge in [-0.3, -0.25) is 4.79 Å². The Labute approximate surface area is 99.2 Å². The summed E-state index contributed by atoms with van der Waals surface area (Å²) >= 11 is 6.11. The lowest BCUT2D eigenvalue weighted by Gasteiger charge is -2.31. The Kier molecular flexibility index (Phi) is 2.19. The van der Waals surface area contributed by atoms with Gasteiger partial charge in [0.2, 0.25) is 5.91 Å². The van der Waals surface area contributed by atoms with Crippen molar-refractivity contribution < 1.29 is 4.79 Å². The van der Waals surface area contributed by atoms with E-state index in [2.05, 4.69) is 10.6 Å². The van der Waals surface area contributed by atoms with Gasteiger partial charge in [-0.1, -0.05) is 23.7 Å². The first-order chi connectivity index (χ1) is 7.74. The largest absolute Gasteiger partial charge is 0.324 e. The summed E-state index contributed by atoms with van der Waals surface area (Å²) in [5, 5.41) is 6.86. The predicted molar refractivity (Wildman–Crippen MR) is 63.9 cm³/mol.